The molecule has 1 aromatic heterocycles. The Morgan fingerprint density at radius 1 is 1.19 bits per heavy atom. The van der Waals surface area contributed by atoms with Gasteiger partial charge in [0.2, 0.25) is 5.91 Å². The van der Waals surface area contributed by atoms with Gasteiger partial charge in [-0.25, -0.2) is 0 Å². The molecule has 8 nitrogen and oxygen atoms in total. The number of alkyl halides is 1. The van der Waals surface area contributed by atoms with Crippen molar-refractivity contribution in [2.45, 2.75) is 0 Å². The van der Waals surface area contributed by atoms with Crippen molar-refractivity contribution >= 4 is 58.5 Å². The van der Waals surface area contributed by atoms with Crippen LogP contribution in [0.15, 0.2) is 42.5 Å². The molecule has 32 heavy (non-hydrogen) atoms. The molecule has 2 N–H and O–H groups in total. The number of anilines is 2. The maximum absolute atomic E-state index is 13.2. The number of nitrogens with zero attached hydrogens (tertiary/aromatic N) is 2. The molecule has 0 atom stereocenters. The number of rotatable bonds is 7. The quantitative estimate of drug-likeness (QED) is 0.372. The number of ether oxygens (including phenoxy) is 2. The molecule has 0 aliphatic rings. The normalized spacial score (nSPS) is 10.2. The molecule has 0 aliphatic heterocycles. The van der Waals surface area contributed by atoms with Crippen LogP contribution in [0.1, 0.15) is 15.2 Å². The second kappa shape index (κ2) is 10.3. The summed E-state index contributed by atoms with van der Waals surface area (Å²) in [7, 11) is 2.99. The first-order valence-electron chi connectivity index (χ1n) is 9.07. The average molecular weight is 489 g/mol. The number of hydrogen-bond donors (Lipinski definition) is 2. The summed E-state index contributed by atoms with van der Waals surface area (Å²) in [6, 6.07) is 13.7. The molecule has 0 bridgehead atoms. The molecule has 11 heteroatoms. The van der Waals surface area contributed by atoms with E-state index in [0.717, 1.165) is 11.3 Å². The summed E-state index contributed by atoms with van der Waals surface area (Å²) in [6.45, 7) is 0. The van der Waals surface area contributed by atoms with Gasteiger partial charge < -0.3 is 20.1 Å². The predicted octanol–water partition coefficient (Wildman–Crippen LogP) is 4.59. The number of carbonyl (C=O) groups is 2. The summed E-state index contributed by atoms with van der Waals surface area (Å²) in [5, 5.41) is 14.6. The first-order valence-corrected chi connectivity index (χ1v) is 10.8. The summed E-state index contributed by atoms with van der Waals surface area (Å²) < 4.78 is 12.3. The fourth-order valence-electron chi connectivity index (χ4n) is 2.85. The number of thiazole rings is 1. The number of amides is 2. The van der Waals surface area contributed by atoms with Gasteiger partial charge in [-0.3, -0.25) is 14.2 Å². The van der Waals surface area contributed by atoms with Crippen molar-refractivity contribution < 1.29 is 19.1 Å². The topological polar surface area (TPSA) is 105 Å². The molecule has 0 saturated heterocycles. The Bertz CT molecular complexity index is 1280. The van der Waals surface area contributed by atoms with Crippen LogP contribution in [-0.2, 0) is 4.79 Å². The first-order chi connectivity index (χ1) is 15.4. The zero-order valence-electron chi connectivity index (χ0n) is 17.0. The van der Waals surface area contributed by atoms with E-state index < -0.39 is 11.8 Å². The number of methoxy groups -OCH3 is 2. The predicted molar refractivity (Wildman–Crippen MR) is 126 cm³/mol. The zero-order valence-corrected chi connectivity index (χ0v) is 19.4. The fourth-order valence-corrected chi connectivity index (χ4v) is 4.20. The maximum Gasteiger partial charge on any atom is 0.269 e. The van der Waals surface area contributed by atoms with Crippen LogP contribution in [0.3, 0.4) is 0 Å². The lowest BCUT2D eigenvalue weighted by molar-refractivity contribution is -0.113. The van der Waals surface area contributed by atoms with Crippen molar-refractivity contribution in [1.82, 2.24) is 4.57 Å². The van der Waals surface area contributed by atoms with Crippen molar-refractivity contribution in [3.05, 3.63) is 56.9 Å². The Hall–Kier alpha value is -3.39. The van der Waals surface area contributed by atoms with E-state index >= 15 is 0 Å². The second-order valence-electron chi connectivity index (χ2n) is 6.25. The van der Waals surface area contributed by atoms with Crippen LogP contribution in [0.4, 0.5) is 11.5 Å². The molecule has 3 rings (SSSR count). The summed E-state index contributed by atoms with van der Waals surface area (Å²) in [6.07, 6.45) is 0. The van der Waals surface area contributed by atoms with Crippen LogP contribution >= 0.6 is 35.2 Å². The molecule has 0 aliphatic carbocycles. The van der Waals surface area contributed by atoms with Crippen molar-refractivity contribution in [2.75, 3.05) is 30.7 Å². The molecule has 0 saturated carbocycles. The Morgan fingerprint density at radius 2 is 1.97 bits per heavy atom. The molecule has 0 unspecified atom stereocenters. The smallest absolute Gasteiger partial charge is 0.269 e. The number of nitrogens with one attached hydrogen (secondary N) is 2. The maximum atomic E-state index is 13.2. The van der Waals surface area contributed by atoms with Crippen LogP contribution in [0.2, 0.25) is 0 Å². The van der Waals surface area contributed by atoms with E-state index in [-0.39, 0.29) is 16.6 Å². The molecule has 164 valence electrons. The van der Waals surface area contributed by atoms with Gasteiger partial charge in [0, 0.05) is 6.07 Å². The molecule has 2 amide bonds. The summed E-state index contributed by atoms with van der Waals surface area (Å²) in [5.41, 5.74) is 1.30. The van der Waals surface area contributed by atoms with Crippen LogP contribution < -0.4 is 20.1 Å². The average Bonchev–Trinajstić information content (AvgIpc) is 3.14. The SMILES string of the molecule is COc1ccc(OC)c(NC(=O)c2sc(=S)n(-c3cccc(C#N)c3)c2NC(=O)CCl)c1. The molecular weight excluding hydrogens is 472 g/mol. The van der Waals surface area contributed by atoms with Gasteiger partial charge in [-0.1, -0.05) is 17.4 Å². The molecule has 0 fully saturated rings. The van der Waals surface area contributed by atoms with E-state index in [9.17, 15) is 14.9 Å². The van der Waals surface area contributed by atoms with E-state index in [1.165, 1.54) is 18.8 Å². The van der Waals surface area contributed by atoms with Crippen LogP contribution in [0.25, 0.3) is 5.69 Å². The standard InChI is InChI=1S/C21H17ClN4O4S2/c1-29-14-6-7-16(30-2)15(9-14)24-20(28)18-19(25-17(27)10-22)26(21(31)32-18)13-5-3-4-12(8-13)11-23/h3-9H,10H2,1-2H3,(H,24,28)(H,25,27). The lowest BCUT2D eigenvalue weighted by atomic mass is 10.2. The van der Waals surface area contributed by atoms with Gasteiger partial charge in [0.15, 0.2) is 3.95 Å². The van der Waals surface area contributed by atoms with Crippen LogP contribution in [0.5, 0.6) is 11.5 Å². The minimum atomic E-state index is -0.521. The van der Waals surface area contributed by atoms with Crippen LogP contribution in [-0.4, -0.2) is 36.5 Å². The van der Waals surface area contributed by atoms with Gasteiger partial charge in [-0.15, -0.1) is 11.6 Å². The number of nitriles is 1. The van der Waals surface area contributed by atoms with Crippen molar-refractivity contribution in [2.24, 2.45) is 0 Å². The molecule has 2 aromatic carbocycles. The van der Waals surface area contributed by atoms with E-state index in [0.29, 0.717) is 32.4 Å². The highest BCUT2D eigenvalue weighted by Crippen LogP contribution is 2.33. The Balaban J connectivity index is 2.10. The zero-order chi connectivity index (χ0) is 23.3. The molecule has 3 aromatic rings. The highest BCUT2D eigenvalue weighted by atomic mass is 35.5. The summed E-state index contributed by atoms with van der Waals surface area (Å²) in [5.74, 6) is -0.248. The first kappa shape index (κ1) is 23.3. The number of aromatic nitrogens is 1. The van der Waals surface area contributed by atoms with Gasteiger partial charge in [0.25, 0.3) is 5.91 Å². The van der Waals surface area contributed by atoms with Gasteiger partial charge >= 0.3 is 0 Å². The lowest BCUT2D eigenvalue weighted by Gasteiger charge is -2.13. The van der Waals surface area contributed by atoms with Crippen molar-refractivity contribution in [3.8, 4) is 23.3 Å². The Morgan fingerprint density at radius 3 is 2.62 bits per heavy atom. The summed E-state index contributed by atoms with van der Waals surface area (Å²) in [4.78, 5) is 25.5. The van der Waals surface area contributed by atoms with Gasteiger partial charge in [0.05, 0.1) is 37.2 Å². The molecule has 0 spiro atoms. The van der Waals surface area contributed by atoms with E-state index in [4.69, 9.17) is 33.3 Å². The third kappa shape index (κ3) is 4.91. The Kier molecular flexibility index (Phi) is 7.48. The minimum absolute atomic E-state index is 0.153. The minimum Gasteiger partial charge on any atom is -0.497 e. The van der Waals surface area contributed by atoms with E-state index in [2.05, 4.69) is 16.7 Å². The van der Waals surface area contributed by atoms with Gasteiger partial charge in [-0.2, -0.15) is 5.26 Å². The molecular formula is C21H17ClN4O4S2. The third-order valence-corrected chi connectivity index (χ3v) is 5.90. The summed E-state index contributed by atoms with van der Waals surface area (Å²) >= 11 is 12.1. The molecule has 1 heterocycles. The van der Waals surface area contributed by atoms with Crippen molar-refractivity contribution in [1.29, 1.82) is 5.26 Å². The van der Waals surface area contributed by atoms with Gasteiger partial charge in [0.1, 0.15) is 28.1 Å². The van der Waals surface area contributed by atoms with E-state index in [1.54, 1.807) is 42.5 Å². The highest BCUT2D eigenvalue weighted by Gasteiger charge is 2.23. The highest BCUT2D eigenvalue weighted by molar-refractivity contribution is 7.73. The number of carbonyl (C=O) groups excluding carboxylic acids is 2. The van der Waals surface area contributed by atoms with E-state index in [1.807, 2.05) is 0 Å². The fraction of sp³-hybridized carbons (Fsp3) is 0.143. The molecule has 0 radical (unpaired) electrons. The monoisotopic (exact) mass is 488 g/mol. The number of hydrogen-bond acceptors (Lipinski definition) is 7. The lowest BCUT2D eigenvalue weighted by Crippen LogP contribution is -2.20. The largest absolute Gasteiger partial charge is 0.497 e. The van der Waals surface area contributed by atoms with Crippen molar-refractivity contribution in [3.63, 3.8) is 0 Å². The third-order valence-electron chi connectivity index (χ3n) is 4.28. The van der Waals surface area contributed by atoms with Crippen LogP contribution in [0, 0.1) is 15.3 Å². The number of benzene rings is 2. The Labute approximate surface area is 198 Å². The van der Waals surface area contributed by atoms with Gasteiger partial charge in [-0.05, 0) is 42.5 Å². The second-order valence-corrected chi connectivity index (χ2v) is 8.16. The number of halogens is 1.